The summed E-state index contributed by atoms with van der Waals surface area (Å²) in [4.78, 5) is 15.4. The molecule has 1 N–H and O–H groups in total. The highest BCUT2D eigenvalue weighted by atomic mass is 32.2. The van der Waals surface area contributed by atoms with Gasteiger partial charge in [-0.15, -0.1) is 0 Å². The number of aryl methyl sites for hydroxylation is 2. The van der Waals surface area contributed by atoms with Crippen LogP contribution in [0.5, 0.6) is 0 Å². The van der Waals surface area contributed by atoms with E-state index in [9.17, 15) is 4.79 Å². The van der Waals surface area contributed by atoms with Crippen molar-refractivity contribution in [2.24, 2.45) is 5.92 Å². The van der Waals surface area contributed by atoms with Gasteiger partial charge >= 0.3 is 5.97 Å². The normalized spacial score (nSPS) is 11.4. The van der Waals surface area contributed by atoms with Gasteiger partial charge in [-0.1, -0.05) is 31.7 Å². The van der Waals surface area contributed by atoms with E-state index in [0.717, 1.165) is 35.6 Å². The van der Waals surface area contributed by atoms with Gasteiger partial charge in [-0.3, -0.25) is 4.79 Å². The van der Waals surface area contributed by atoms with E-state index < -0.39 is 5.97 Å². The summed E-state index contributed by atoms with van der Waals surface area (Å²) in [5.74, 6) is -0.0828. The van der Waals surface area contributed by atoms with Crippen LogP contribution in [0.25, 0.3) is 11.0 Å². The minimum Gasteiger partial charge on any atom is -0.481 e. The smallest absolute Gasteiger partial charge is 0.313 e. The number of nitrogens with zero attached hydrogens (tertiary/aromatic N) is 2. The molecule has 114 valence electrons. The number of carboxylic acids is 1. The Morgan fingerprint density at radius 1 is 1.43 bits per heavy atom. The highest BCUT2D eigenvalue weighted by Crippen LogP contribution is 2.25. The van der Waals surface area contributed by atoms with Gasteiger partial charge in [0.1, 0.15) is 0 Å². The number of thioether (sulfide) groups is 1. The zero-order valence-corrected chi connectivity index (χ0v) is 13.6. The summed E-state index contributed by atoms with van der Waals surface area (Å²) in [5, 5.41) is 9.68. The Morgan fingerprint density at radius 3 is 2.86 bits per heavy atom. The monoisotopic (exact) mass is 306 g/mol. The molecule has 0 aliphatic heterocycles. The van der Waals surface area contributed by atoms with Crippen molar-refractivity contribution in [3.8, 4) is 0 Å². The topological polar surface area (TPSA) is 55.1 Å². The fourth-order valence-corrected chi connectivity index (χ4v) is 3.08. The summed E-state index contributed by atoms with van der Waals surface area (Å²) in [6.45, 7) is 7.39. The molecule has 0 amide bonds. The van der Waals surface area contributed by atoms with E-state index in [0.29, 0.717) is 5.92 Å². The van der Waals surface area contributed by atoms with Crippen LogP contribution in [-0.2, 0) is 11.3 Å². The molecular weight excluding hydrogens is 284 g/mol. The van der Waals surface area contributed by atoms with Crippen LogP contribution in [0.1, 0.15) is 32.3 Å². The first-order chi connectivity index (χ1) is 9.97. The van der Waals surface area contributed by atoms with E-state index in [1.165, 1.54) is 17.3 Å². The van der Waals surface area contributed by atoms with Crippen LogP contribution >= 0.6 is 11.8 Å². The van der Waals surface area contributed by atoms with Crippen molar-refractivity contribution in [3.05, 3.63) is 23.8 Å². The van der Waals surface area contributed by atoms with Crippen molar-refractivity contribution in [1.82, 2.24) is 9.55 Å². The predicted molar refractivity (Wildman–Crippen MR) is 86.9 cm³/mol. The zero-order valence-electron chi connectivity index (χ0n) is 12.8. The second-order valence-corrected chi connectivity index (χ2v) is 6.70. The molecule has 0 saturated carbocycles. The fourth-order valence-electron chi connectivity index (χ4n) is 2.32. The second kappa shape index (κ2) is 6.98. The first-order valence-corrected chi connectivity index (χ1v) is 8.27. The lowest BCUT2D eigenvalue weighted by molar-refractivity contribution is -0.133. The Bertz CT molecular complexity index is 634. The van der Waals surface area contributed by atoms with Crippen molar-refractivity contribution in [3.63, 3.8) is 0 Å². The summed E-state index contributed by atoms with van der Waals surface area (Å²) in [5.41, 5.74) is 3.24. The van der Waals surface area contributed by atoms with Crippen LogP contribution in [0.4, 0.5) is 0 Å². The molecule has 0 bridgehead atoms. The first-order valence-electron chi connectivity index (χ1n) is 7.29. The summed E-state index contributed by atoms with van der Waals surface area (Å²) in [7, 11) is 0. The number of rotatable bonds is 7. The van der Waals surface area contributed by atoms with Gasteiger partial charge in [-0.05, 0) is 43.4 Å². The maximum Gasteiger partial charge on any atom is 0.313 e. The van der Waals surface area contributed by atoms with Crippen LogP contribution in [0, 0.1) is 12.8 Å². The van der Waals surface area contributed by atoms with Gasteiger partial charge in [-0.25, -0.2) is 4.98 Å². The van der Waals surface area contributed by atoms with Gasteiger partial charge in [0.05, 0.1) is 16.8 Å². The van der Waals surface area contributed by atoms with Gasteiger partial charge in [-0.2, -0.15) is 0 Å². The molecule has 0 aliphatic rings. The third kappa shape index (κ3) is 4.24. The van der Waals surface area contributed by atoms with Gasteiger partial charge in [0.2, 0.25) is 0 Å². The summed E-state index contributed by atoms with van der Waals surface area (Å²) < 4.78 is 2.16. The van der Waals surface area contributed by atoms with Crippen LogP contribution < -0.4 is 0 Å². The summed E-state index contributed by atoms with van der Waals surface area (Å²) in [6, 6.07) is 6.18. The van der Waals surface area contributed by atoms with Gasteiger partial charge in [0.15, 0.2) is 5.16 Å². The molecule has 0 unspecified atom stereocenters. The molecule has 2 aromatic rings. The Kier molecular flexibility index (Phi) is 5.28. The Hall–Kier alpha value is -1.49. The Morgan fingerprint density at radius 2 is 2.19 bits per heavy atom. The number of benzene rings is 1. The molecule has 0 radical (unpaired) electrons. The molecule has 0 spiro atoms. The molecule has 1 aromatic heterocycles. The van der Waals surface area contributed by atoms with Crippen LogP contribution in [0.3, 0.4) is 0 Å². The Labute approximate surface area is 129 Å². The van der Waals surface area contributed by atoms with Crippen molar-refractivity contribution < 1.29 is 9.90 Å². The molecule has 0 aliphatic carbocycles. The van der Waals surface area contributed by atoms with Crippen molar-refractivity contribution in [2.75, 3.05) is 5.75 Å². The molecule has 2 rings (SSSR count). The van der Waals surface area contributed by atoms with Gasteiger partial charge in [0, 0.05) is 6.54 Å². The van der Waals surface area contributed by atoms with Crippen molar-refractivity contribution in [1.29, 1.82) is 0 Å². The highest BCUT2D eigenvalue weighted by Gasteiger charge is 2.13. The van der Waals surface area contributed by atoms with Crippen molar-refractivity contribution in [2.45, 2.75) is 45.3 Å². The lowest BCUT2D eigenvalue weighted by Gasteiger charge is -2.10. The van der Waals surface area contributed by atoms with Crippen molar-refractivity contribution >= 4 is 28.8 Å². The number of hydrogen-bond donors (Lipinski definition) is 1. The zero-order chi connectivity index (χ0) is 15.4. The first kappa shape index (κ1) is 15.9. The largest absolute Gasteiger partial charge is 0.481 e. The number of aromatic nitrogens is 2. The van der Waals surface area contributed by atoms with Crippen LogP contribution in [0.2, 0.25) is 0 Å². The molecule has 4 nitrogen and oxygen atoms in total. The quantitative estimate of drug-likeness (QED) is 0.787. The molecule has 0 saturated heterocycles. The average molecular weight is 306 g/mol. The molecular formula is C16H22N2O2S. The molecule has 1 aromatic carbocycles. The fraction of sp³-hybridized carbons (Fsp3) is 0.500. The minimum atomic E-state index is -0.808. The number of fused-ring (bicyclic) bond motifs is 1. The van der Waals surface area contributed by atoms with Gasteiger partial charge < -0.3 is 9.67 Å². The molecule has 21 heavy (non-hydrogen) atoms. The summed E-state index contributed by atoms with van der Waals surface area (Å²) >= 11 is 1.30. The minimum absolute atomic E-state index is 0.0481. The summed E-state index contributed by atoms with van der Waals surface area (Å²) in [6.07, 6.45) is 2.24. The molecule has 5 heteroatoms. The molecule has 0 atom stereocenters. The Balaban J connectivity index is 2.28. The highest BCUT2D eigenvalue weighted by molar-refractivity contribution is 7.99. The lowest BCUT2D eigenvalue weighted by atomic mass is 10.1. The number of hydrogen-bond acceptors (Lipinski definition) is 3. The third-order valence-electron chi connectivity index (χ3n) is 3.36. The van der Waals surface area contributed by atoms with E-state index in [4.69, 9.17) is 5.11 Å². The average Bonchev–Trinajstić information content (AvgIpc) is 2.74. The molecule has 0 fully saturated rings. The SMILES string of the molecule is Cc1ccc2nc(SCC(=O)O)n(CCCC(C)C)c2c1. The van der Waals surface area contributed by atoms with Gasteiger partial charge in [0.25, 0.3) is 0 Å². The maximum atomic E-state index is 10.8. The van der Waals surface area contributed by atoms with E-state index >= 15 is 0 Å². The van der Waals surface area contributed by atoms with E-state index in [2.05, 4.69) is 36.4 Å². The number of carboxylic acid groups (broad SMARTS) is 1. The van der Waals surface area contributed by atoms with Crippen LogP contribution in [-0.4, -0.2) is 26.4 Å². The van der Waals surface area contributed by atoms with E-state index in [-0.39, 0.29) is 5.75 Å². The van der Waals surface area contributed by atoms with E-state index in [1.807, 2.05) is 12.1 Å². The number of carbonyl (C=O) groups is 1. The molecule has 1 heterocycles. The van der Waals surface area contributed by atoms with E-state index in [1.54, 1.807) is 0 Å². The standard InChI is InChI=1S/C16H22N2O2S/c1-11(2)5-4-8-18-14-9-12(3)6-7-13(14)17-16(18)21-10-15(19)20/h6-7,9,11H,4-5,8,10H2,1-3H3,(H,19,20). The lowest BCUT2D eigenvalue weighted by Crippen LogP contribution is -2.04. The predicted octanol–water partition coefficient (Wildman–Crippen LogP) is 3.96. The number of aliphatic carboxylic acids is 1. The number of imidazole rings is 1. The third-order valence-corrected chi connectivity index (χ3v) is 4.32. The second-order valence-electron chi connectivity index (χ2n) is 5.76. The van der Waals surface area contributed by atoms with Crippen LogP contribution in [0.15, 0.2) is 23.4 Å². The maximum absolute atomic E-state index is 10.8.